The second-order valence-corrected chi connectivity index (χ2v) is 26.8. The normalized spacial score (nSPS) is 24.6. The van der Waals surface area contributed by atoms with Crippen LogP contribution in [0.4, 0.5) is 4.39 Å². The first-order chi connectivity index (χ1) is 65.9. The van der Waals surface area contributed by atoms with Crippen LogP contribution in [0.5, 0.6) is 0 Å². The fourth-order valence-corrected chi connectivity index (χ4v) is 9.18. The molecule has 2 unspecified atom stereocenters. The molecule has 41 N–H and O–H groups in total. The smallest absolute Gasteiger partial charge is 0.306 e. The van der Waals surface area contributed by atoms with E-state index in [-0.39, 0.29) is 124 Å². The summed E-state index contributed by atoms with van der Waals surface area (Å²) in [6, 6.07) is 6.43. The number of halogens is 1. The maximum atomic E-state index is 10.6. The summed E-state index contributed by atoms with van der Waals surface area (Å²) >= 11 is 0. The van der Waals surface area contributed by atoms with Crippen LogP contribution in [-0.2, 0) is 79.8 Å². The molecule has 0 aromatic carbocycles. The summed E-state index contributed by atoms with van der Waals surface area (Å²) in [6.07, 6.45) is -39.2. The number of hydrogen-bond donors (Lipinski definition) is 39. The molecule has 4 fully saturated rings. The number of aliphatic hydroxyl groups is 39. The van der Waals surface area contributed by atoms with E-state index in [9.17, 15) is 94.1 Å². The van der Waals surface area contributed by atoms with Crippen LogP contribution >= 0.6 is 0 Å². The van der Waals surface area contributed by atoms with Gasteiger partial charge in [-0.25, -0.2) is 0 Å². The average Bonchev–Trinajstić information content (AvgIpc) is 1.61. The van der Waals surface area contributed by atoms with Crippen LogP contribution in [0.2, 0.25) is 0 Å². The molecule has 0 spiro atoms. The van der Waals surface area contributed by atoms with Gasteiger partial charge in [-0.3, -0.25) is 23.6 Å². The molecule has 2 aromatic rings. The first-order valence-electron chi connectivity index (χ1n) is 42.9. The van der Waals surface area contributed by atoms with E-state index in [1.165, 1.54) is 13.0 Å². The van der Waals surface area contributed by atoms with Gasteiger partial charge in [-0.2, -0.15) is 0 Å². The summed E-state index contributed by atoms with van der Waals surface area (Å²) in [4.78, 5) is 71.4. The van der Waals surface area contributed by atoms with Gasteiger partial charge in [0.15, 0.2) is 55.0 Å². The molecule has 4 aliphatic rings. The van der Waals surface area contributed by atoms with Crippen LogP contribution in [0.1, 0.15) is 151 Å². The number of alkyl halides is 1. The molecule has 0 amide bonds. The van der Waals surface area contributed by atoms with Crippen molar-refractivity contribution in [3.05, 3.63) is 47.3 Å². The molecule has 872 valence electrons. The van der Waals surface area contributed by atoms with Gasteiger partial charge in [-0.05, 0) is 107 Å². The standard InChI is InChI=1S/C12H22O11.2C8H16O6.C8H10O3.C7H12O3.3C6H12O6.C6H6O3.7C2H6O.CH3F.3CH4.H2O/c13-1-4-6(16)8(18)9(19)11(21-4)23-12(3-15)10(20)7(17)5(2-14)22-12;1-2-13-8(4-10)7(12)6(11)5(3-9)14-8;1-2-13-8-7(12)6(11)5(10)4(3-9)14-8;1-2-10-6-8-4-3-7(5-9)11-8;1-3-10-7(9)5-4-6(2)8;3*7-1-3(9)5(11)6(12)4(10)2-8;7-3-5-1-2-6(4-8)9-5;7*1-2-3;1-2;;;;/h4-11,13-20H,1-3H2;5-7,9-12H,2-4H2,1H3;4-12H,2-3H2,1H3;3-5H,2,6H2,1H3;3-5H2,1-2H3;3,5-9,11-12H,1-2H2;2*1,3-6,8-12H,2H2;1-3,8H,4H2;7*3H,2H2,1H3;1H3;3*1H4;1H2/t4-,5-,6-,7-,8+,9-,10+,11-,12+;5-,6-,7+,8?;4-,5-,6+,7-,8?;;;3-,5-,6-;3-,4+,5+,6+;3-,4-,5-,6-;;;;;;;;;;;;;/m111..101............./s1. The third-order valence-corrected chi connectivity index (χ3v) is 16.0. The highest BCUT2D eigenvalue weighted by Crippen LogP contribution is 2.37. The van der Waals surface area contributed by atoms with E-state index in [0.29, 0.717) is 69.9 Å². The van der Waals surface area contributed by atoms with Crippen molar-refractivity contribution in [2.24, 2.45) is 0 Å². The molecule has 0 saturated carbocycles. The van der Waals surface area contributed by atoms with Gasteiger partial charge in [-0.15, -0.1) is 0 Å². The molecule has 2 aromatic heterocycles. The van der Waals surface area contributed by atoms with Crippen molar-refractivity contribution in [3.8, 4) is 0 Å². The Morgan fingerprint density at radius 2 is 0.729 bits per heavy atom. The van der Waals surface area contributed by atoms with Crippen molar-refractivity contribution in [1.82, 2.24) is 0 Å². The average molecular weight is 2150 g/mol. The molecule has 0 bridgehead atoms. The van der Waals surface area contributed by atoms with Crippen molar-refractivity contribution >= 4 is 42.7 Å². The molecular weight excluding hydrogens is 1970 g/mol. The van der Waals surface area contributed by atoms with Crippen LogP contribution in [0.25, 0.3) is 0 Å². The van der Waals surface area contributed by atoms with Gasteiger partial charge in [0, 0.05) is 72.5 Å². The van der Waals surface area contributed by atoms with E-state index in [1.54, 1.807) is 87.4 Å². The zero-order valence-electron chi connectivity index (χ0n) is 81.1. The third-order valence-electron chi connectivity index (χ3n) is 16.0. The van der Waals surface area contributed by atoms with Crippen LogP contribution in [0.3, 0.4) is 0 Å². The largest absolute Gasteiger partial charge is 0.466 e. The van der Waals surface area contributed by atoms with Crippen molar-refractivity contribution < 1.29 is 294 Å². The Kier molecular flexibility index (Phi) is 131. The van der Waals surface area contributed by atoms with E-state index in [0.717, 1.165) is 0 Å². The van der Waals surface area contributed by atoms with Crippen molar-refractivity contribution in [1.29, 1.82) is 0 Å². The van der Waals surface area contributed by atoms with Gasteiger partial charge in [0.2, 0.25) is 11.6 Å². The number of furan rings is 2. The Balaban J connectivity index is -0.0000000979. The fourth-order valence-electron chi connectivity index (χ4n) is 9.18. The number of hydrogen-bond acceptors (Lipinski definition) is 57. The molecule has 6 rings (SSSR count). The number of aliphatic hydroxyl groups excluding tert-OH is 39. The number of Topliss-reactive ketones (excluding diaryl/α,β-unsaturated/α-hetero) is 2. The Morgan fingerprint density at radius 1 is 0.403 bits per heavy atom. The van der Waals surface area contributed by atoms with Gasteiger partial charge in [0.1, 0.15) is 203 Å². The summed E-state index contributed by atoms with van der Waals surface area (Å²) in [6.45, 7) is 16.9. The first kappa shape index (κ1) is 171. The number of rotatable bonds is 37. The van der Waals surface area contributed by atoms with E-state index < -0.39 is 249 Å². The lowest BCUT2D eigenvalue weighted by Crippen LogP contribution is -2.62. The summed E-state index contributed by atoms with van der Waals surface area (Å²) < 4.78 is 64.6. The molecule has 0 radical (unpaired) electrons. The topological polar surface area (TPSA) is 1050 Å². The molecule has 6 heterocycles. The highest BCUT2D eigenvalue weighted by atomic mass is 19.1. The Hall–Kier alpha value is -5.94. The SMILES string of the molecule is C.C.C.CCO.CCO.CCO.CCO.CCO.CCO.CCO.CCOC(=O)CCC(C)=O.CCOC1(CO)O[C@H](CO)[C@@H](O)[C@@H]1O.CCOC1O[C@H](CO)[C@@H](O)[C@H](O)[C@H]1O.CCOCc1ccc(C=O)o1.CF.O.O=C(CO)[C@@H](O)[C@H](O)[C@H](O)CO.O=C[C@@H](O)[C@@H](O)[C@H](O)[C@H](O)CO.O=C[C@H](O)[C@@H](O)[C@H](O)[C@H](O)CO.O=Cc1ccc(CO)o1.OC[C@H]1O[C@@](CO)(O[C@H]2O[C@H](CO)[C@@H](O)[C@H](O)[C@H]2O)[C@@H](O)[C@@H]1O. The number of carbonyl (C=O) groups excluding carboxylic acids is 7. The van der Waals surface area contributed by atoms with E-state index >= 15 is 0 Å². The predicted octanol–water partition coefficient (Wildman–Crippen LogP) is -15.1. The number of esters is 1. The maximum absolute atomic E-state index is 10.6. The summed E-state index contributed by atoms with van der Waals surface area (Å²) in [5.41, 5.74) is 0. The number of carbonyl (C=O) groups is 7. The minimum absolute atomic E-state index is 0. The lowest BCUT2D eigenvalue weighted by atomic mass is 9.99. The lowest BCUT2D eigenvalue weighted by Gasteiger charge is -2.43. The Morgan fingerprint density at radius 3 is 1.00 bits per heavy atom. The van der Waals surface area contributed by atoms with Gasteiger partial charge in [-0.1, -0.05) is 22.3 Å². The third kappa shape index (κ3) is 74.9. The minimum atomic E-state index is -2.22. The minimum Gasteiger partial charge on any atom is -0.466 e. The summed E-state index contributed by atoms with van der Waals surface area (Å²) in [5, 5.41) is 342. The number of aldehydes is 4. The molecule has 0 aliphatic carbocycles. The number of ketones is 2. The van der Waals surface area contributed by atoms with Gasteiger partial charge in [0.25, 0.3) is 0 Å². The fraction of sp³-hybridized carbons (Fsp3) is 0.824. The maximum Gasteiger partial charge on any atom is 0.306 e. The number of ether oxygens (including phenoxy) is 9. The van der Waals surface area contributed by atoms with E-state index in [4.69, 9.17) is 190 Å². The first-order valence-corrected chi connectivity index (χ1v) is 42.9. The second kappa shape index (κ2) is 110. The molecule has 4 aliphatic heterocycles. The van der Waals surface area contributed by atoms with Gasteiger partial charge < -0.3 is 270 Å². The molecule has 144 heavy (non-hydrogen) atoms. The second-order valence-electron chi connectivity index (χ2n) is 26.8. The highest BCUT2D eigenvalue weighted by molar-refractivity contribution is 5.84. The van der Waals surface area contributed by atoms with Crippen molar-refractivity contribution in [3.63, 3.8) is 0 Å². The van der Waals surface area contributed by atoms with Gasteiger partial charge >= 0.3 is 5.97 Å². The van der Waals surface area contributed by atoms with Crippen molar-refractivity contribution in [2.45, 2.75) is 308 Å². The monoisotopic (exact) mass is 2150 g/mol. The highest BCUT2D eigenvalue weighted by Gasteiger charge is 2.59. The molecular formula is C85H177FO58. The summed E-state index contributed by atoms with van der Waals surface area (Å²) in [5.74, 6) is -3.41. The van der Waals surface area contributed by atoms with Crippen LogP contribution in [0.15, 0.2) is 33.1 Å². The Labute approximate surface area is 835 Å². The zero-order chi connectivity index (χ0) is 112. The van der Waals surface area contributed by atoms with Crippen molar-refractivity contribution in [2.75, 3.05) is 146 Å². The molecule has 4 saturated heterocycles. The summed E-state index contributed by atoms with van der Waals surface area (Å²) in [7, 11) is 0.500. The van der Waals surface area contributed by atoms with E-state index in [2.05, 4.69) is 4.74 Å². The van der Waals surface area contributed by atoms with Crippen LogP contribution < -0.4 is 0 Å². The van der Waals surface area contributed by atoms with Crippen LogP contribution in [0, 0.1) is 0 Å². The molecule has 58 nitrogen and oxygen atoms in total. The molecule has 59 heteroatoms. The Bertz CT molecular complexity index is 3010. The molecule has 29 atom stereocenters. The van der Waals surface area contributed by atoms with Gasteiger partial charge in [0.05, 0.1) is 66.5 Å². The predicted molar refractivity (Wildman–Crippen MR) is 497 cm³/mol. The quantitative estimate of drug-likeness (QED) is 0.0221. The van der Waals surface area contributed by atoms with E-state index in [1.807, 2.05) is 6.92 Å². The van der Waals surface area contributed by atoms with Crippen LogP contribution in [-0.4, -0.2) is 570 Å². The zero-order valence-corrected chi connectivity index (χ0v) is 81.1. The lowest BCUT2D eigenvalue weighted by molar-refractivity contribution is -0.383.